The molecule has 7 atom stereocenters. The highest BCUT2D eigenvalue weighted by atomic mass is 16.3. The highest BCUT2D eigenvalue weighted by Gasteiger charge is 2.50. The Bertz CT molecular complexity index is 995. The molecule has 0 bridgehead atoms. The lowest BCUT2D eigenvalue weighted by Gasteiger charge is -2.44. The lowest BCUT2D eigenvalue weighted by atomic mass is 9.60. The van der Waals surface area contributed by atoms with E-state index in [0.717, 1.165) is 42.7 Å². The van der Waals surface area contributed by atoms with Gasteiger partial charge in [0.15, 0.2) is 5.82 Å². The molecule has 0 saturated heterocycles. The number of aromatic nitrogens is 4. The molecule has 0 aliphatic heterocycles. The summed E-state index contributed by atoms with van der Waals surface area (Å²) in [5, 5.41) is 46.0. The van der Waals surface area contributed by atoms with E-state index in [-0.39, 0.29) is 5.92 Å². The summed E-state index contributed by atoms with van der Waals surface area (Å²) in [7, 11) is 0. The molecule has 0 amide bonds. The van der Waals surface area contributed by atoms with Gasteiger partial charge in [-0.3, -0.25) is 0 Å². The minimum atomic E-state index is -0.731. The molecule has 7 heteroatoms. The topological polar surface area (TPSA) is 115 Å². The van der Waals surface area contributed by atoms with Crippen molar-refractivity contribution in [2.75, 3.05) is 0 Å². The van der Waals surface area contributed by atoms with Gasteiger partial charge >= 0.3 is 0 Å². The third-order valence-electron chi connectivity index (χ3n) is 10.1. The first kappa shape index (κ1) is 29.2. The molecular weight excluding hydrogens is 476 g/mol. The molecule has 7 nitrogen and oxygen atoms in total. The lowest BCUT2D eigenvalue weighted by molar-refractivity contribution is 0.0132. The Morgan fingerprint density at radius 2 is 2.00 bits per heavy atom. The van der Waals surface area contributed by atoms with E-state index in [1.165, 1.54) is 37.7 Å². The molecule has 0 spiro atoms. The predicted molar refractivity (Wildman–Crippen MR) is 150 cm³/mol. The Kier molecular flexibility index (Phi) is 9.31. The first-order valence-electron chi connectivity index (χ1n) is 14.9. The van der Waals surface area contributed by atoms with E-state index in [1.807, 2.05) is 13.8 Å². The summed E-state index contributed by atoms with van der Waals surface area (Å²) >= 11 is 0. The molecule has 3 saturated carbocycles. The van der Waals surface area contributed by atoms with E-state index in [0.29, 0.717) is 42.3 Å². The average molecular weight is 527 g/mol. The van der Waals surface area contributed by atoms with Gasteiger partial charge in [-0.25, -0.2) is 0 Å². The Hall–Kier alpha value is -1.83. The van der Waals surface area contributed by atoms with Crippen molar-refractivity contribution in [3.05, 3.63) is 41.3 Å². The van der Waals surface area contributed by atoms with Gasteiger partial charge < -0.3 is 15.3 Å². The Labute approximate surface area is 228 Å². The second kappa shape index (κ2) is 12.1. The molecule has 212 valence electrons. The number of aromatic amines is 1. The molecule has 4 N–H and O–H groups in total. The lowest BCUT2D eigenvalue weighted by Crippen LogP contribution is -2.38. The molecule has 1 aromatic rings. The standard InChI is InChI=1S/C31H50N4O3/c1-20(9-7-17-30(3,4)38)25-15-16-26-22(10-8-18-31(25,26)5)13-14-23-19-27(36)24(29(37)21(23)2)11-6-12-28-32-34-35-33-28/h13-14,20,24-27,29,36-38H,2,6-12,15-19H2,1,3-5H3,(H,32,33,34,35)/b22-13+,23-14-/t20-,24+,25-,26+,27-,29-,31-/m1/s1. The Morgan fingerprint density at radius 3 is 2.71 bits per heavy atom. The molecule has 38 heavy (non-hydrogen) atoms. The third kappa shape index (κ3) is 6.65. The number of fused-ring (bicyclic) bond motifs is 1. The van der Waals surface area contributed by atoms with Crippen LogP contribution in [0.25, 0.3) is 0 Å². The van der Waals surface area contributed by atoms with Crippen LogP contribution < -0.4 is 0 Å². The monoisotopic (exact) mass is 526 g/mol. The fourth-order valence-electron chi connectivity index (χ4n) is 7.96. The summed E-state index contributed by atoms with van der Waals surface area (Å²) in [6.45, 7) is 13.0. The predicted octanol–water partition coefficient (Wildman–Crippen LogP) is 5.47. The molecule has 3 aliphatic rings. The number of hydrogen-bond donors (Lipinski definition) is 4. The number of aryl methyl sites for hydroxylation is 1. The molecule has 0 aromatic carbocycles. The summed E-state index contributed by atoms with van der Waals surface area (Å²) in [6.07, 6.45) is 15.2. The highest BCUT2D eigenvalue weighted by Crippen LogP contribution is 2.60. The molecule has 1 heterocycles. The van der Waals surface area contributed by atoms with Gasteiger partial charge in [0, 0.05) is 12.3 Å². The first-order chi connectivity index (χ1) is 18.0. The van der Waals surface area contributed by atoms with Crippen LogP contribution in [0.1, 0.15) is 104 Å². The van der Waals surface area contributed by atoms with Gasteiger partial charge in [-0.2, -0.15) is 5.21 Å². The Balaban J connectivity index is 1.38. The van der Waals surface area contributed by atoms with Crippen molar-refractivity contribution in [3.63, 3.8) is 0 Å². The second-order valence-electron chi connectivity index (χ2n) is 13.3. The molecule has 0 radical (unpaired) electrons. The normalized spacial score (nSPS) is 35.1. The molecule has 1 aromatic heterocycles. The molecule has 0 unspecified atom stereocenters. The maximum absolute atomic E-state index is 11.0. The number of tetrazole rings is 1. The van der Waals surface area contributed by atoms with Crippen LogP contribution in [0.15, 0.2) is 35.5 Å². The van der Waals surface area contributed by atoms with Crippen LogP contribution in [0.3, 0.4) is 0 Å². The zero-order valence-corrected chi connectivity index (χ0v) is 24.0. The van der Waals surface area contributed by atoms with E-state index in [4.69, 9.17) is 0 Å². The van der Waals surface area contributed by atoms with Gasteiger partial charge in [0.1, 0.15) is 0 Å². The van der Waals surface area contributed by atoms with Crippen LogP contribution >= 0.6 is 0 Å². The summed E-state index contributed by atoms with van der Waals surface area (Å²) in [4.78, 5) is 0. The van der Waals surface area contributed by atoms with Gasteiger partial charge in [0.25, 0.3) is 0 Å². The minimum absolute atomic E-state index is 0.217. The number of H-pyrrole nitrogens is 1. The van der Waals surface area contributed by atoms with Gasteiger partial charge in [-0.1, -0.05) is 56.2 Å². The van der Waals surface area contributed by atoms with Crippen molar-refractivity contribution in [2.24, 2.45) is 29.1 Å². The summed E-state index contributed by atoms with van der Waals surface area (Å²) in [5.74, 6) is 2.45. The number of aliphatic hydroxyl groups excluding tert-OH is 2. The average Bonchev–Trinajstić information content (AvgIpc) is 3.49. The van der Waals surface area contributed by atoms with Crippen molar-refractivity contribution in [3.8, 4) is 0 Å². The van der Waals surface area contributed by atoms with Gasteiger partial charge in [-0.05, 0) is 106 Å². The van der Waals surface area contributed by atoms with E-state index in [1.54, 1.807) is 0 Å². The van der Waals surface area contributed by atoms with Crippen LogP contribution in [-0.2, 0) is 6.42 Å². The van der Waals surface area contributed by atoms with Crippen molar-refractivity contribution in [1.82, 2.24) is 20.6 Å². The third-order valence-corrected chi connectivity index (χ3v) is 10.1. The van der Waals surface area contributed by atoms with Crippen LogP contribution in [0.5, 0.6) is 0 Å². The highest BCUT2D eigenvalue weighted by molar-refractivity contribution is 5.39. The number of nitrogens with zero attached hydrogens (tertiary/aromatic N) is 3. The maximum Gasteiger partial charge on any atom is 0.174 e. The smallest absolute Gasteiger partial charge is 0.174 e. The van der Waals surface area contributed by atoms with E-state index >= 15 is 0 Å². The van der Waals surface area contributed by atoms with Crippen LogP contribution in [0.4, 0.5) is 0 Å². The van der Waals surface area contributed by atoms with Crippen LogP contribution in [-0.4, -0.2) is 53.8 Å². The second-order valence-corrected chi connectivity index (χ2v) is 13.3. The number of allylic oxidation sites excluding steroid dienone is 3. The van der Waals surface area contributed by atoms with Crippen LogP contribution in [0.2, 0.25) is 0 Å². The summed E-state index contributed by atoms with van der Waals surface area (Å²) in [5.41, 5.74) is 3.03. The number of hydrogen-bond acceptors (Lipinski definition) is 6. The largest absolute Gasteiger partial charge is 0.392 e. The van der Waals surface area contributed by atoms with Crippen molar-refractivity contribution < 1.29 is 15.3 Å². The van der Waals surface area contributed by atoms with Gasteiger partial charge in [0.05, 0.1) is 17.8 Å². The zero-order valence-electron chi connectivity index (χ0n) is 24.0. The van der Waals surface area contributed by atoms with Crippen LogP contribution in [0, 0.1) is 29.1 Å². The van der Waals surface area contributed by atoms with E-state index < -0.39 is 17.8 Å². The first-order valence-corrected chi connectivity index (χ1v) is 14.9. The summed E-state index contributed by atoms with van der Waals surface area (Å²) in [6, 6.07) is 0. The SMILES string of the molecule is C=C1/C(=C\C=C2/CCC[C@]3(C)[C@@H]([C@H](C)CCCC(C)(C)O)CC[C@@H]23)C[C@@H](O)[C@H](CCCc2nn[nH]n2)[C@@H]1O. The fraction of sp³-hybridized carbons (Fsp3) is 0.774. The number of rotatable bonds is 10. The van der Waals surface area contributed by atoms with Gasteiger partial charge in [-0.15, -0.1) is 10.2 Å². The fourth-order valence-corrected chi connectivity index (χ4v) is 7.96. The van der Waals surface area contributed by atoms with Crippen molar-refractivity contribution in [1.29, 1.82) is 0 Å². The number of nitrogens with one attached hydrogen (secondary N) is 1. The minimum Gasteiger partial charge on any atom is -0.392 e. The quantitative estimate of drug-likeness (QED) is 0.321. The molecular formula is C31H50N4O3. The van der Waals surface area contributed by atoms with Crippen molar-refractivity contribution in [2.45, 2.75) is 123 Å². The van der Waals surface area contributed by atoms with E-state index in [2.05, 4.69) is 53.2 Å². The Morgan fingerprint density at radius 1 is 1.21 bits per heavy atom. The molecule has 4 rings (SSSR count). The molecule has 3 fully saturated rings. The molecule has 3 aliphatic carbocycles. The number of aliphatic hydroxyl groups is 3. The zero-order chi connectivity index (χ0) is 27.5. The van der Waals surface area contributed by atoms with Crippen molar-refractivity contribution >= 4 is 0 Å². The maximum atomic E-state index is 11.0. The van der Waals surface area contributed by atoms with Gasteiger partial charge in [0.2, 0.25) is 0 Å². The van der Waals surface area contributed by atoms with E-state index in [9.17, 15) is 15.3 Å². The summed E-state index contributed by atoms with van der Waals surface area (Å²) < 4.78 is 0.